The Morgan fingerprint density at radius 2 is 1.71 bits per heavy atom. The minimum Gasteiger partial charge on any atom is -0.497 e. The number of ether oxygens (including phenoxy) is 2. The Balaban J connectivity index is 1.94. The molecule has 0 radical (unpaired) electrons. The van der Waals surface area contributed by atoms with Crippen molar-refractivity contribution in [1.29, 1.82) is 0 Å². The molecule has 0 aliphatic carbocycles. The summed E-state index contributed by atoms with van der Waals surface area (Å²) in [6, 6.07) is 12.9. The van der Waals surface area contributed by atoms with Gasteiger partial charge in [-0.1, -0.05) is 23.7 Å². The Labute approximate surface area is 151 Å². The predicted octanol–water partition coefficient (Wildman–Crippen LogP) is 4.62. The van der Waals surface area contributed by atoms with E-state index >= 15 is 0 Å². The van der Waals surface area contributed by atoms with Crippen LogP contribution in [0.4, 0.5) is 5.69 Å². The molecule has 128 valence electrons. The number of hydrogen-bond acceptors (Lipinski definition) is 4. The third kappa shape index (κ3) is 5.35. The normalized spacial score (nSPS) is 11.7. The number of halogens is 1. The summed E-state index contributed by atoms with van der Waals surface area (Å²) in [6.45, 7) is 1.88. The molecule has 2 aromatic carbocycles. The van der Waals surface area contributed by atoms with Gasteiger partial charge in [0.25, 0.3) is 0 Å². The van der Waals surface area contributed by atoms with Gasteiger partial charge in [0.05, 0.1) is 19.5 Å². The number of anilines is 1. The summed E-state index contributed by atoms with van der Waals surface area (Å²) in [5.41, 5.74) is 1.78. The number of methoxy groups -OCH3 is 2. The van der Waals surface area contributed by atoms with Gasteiger partial charge in [-0.25, -0.2) is 0 Å². The number of carbonyl (C=O) groups is 1. The lowest BCUT2D eigenvalue weighted by Crippen LogP contribution is -2.22. The van der Waals surface area contributed by atoms with Crippen molar-refractivity contribution in [3.8, 4) is 11.5 Å². The first-order valence-electron chi connectivity index (χ1n) is 7.42. The molecule has 1 amide bonds. The highest BCUT2D eigenvalue weighted by atomic mass is 35.5. The molecule has 1 unspecified atom stereocenters. The van der Waals surface area contributed by atoms with E-state index in [2.05, 4.69) is 5.32 Å². The van der Waals surface area contributed by atoms with Crippen LogP contribution >= 0.6 is 23.4 Å². The standard InChI is InChI=1S/C18H20ClNO3S/c1-12(24-11-13-4-6-14(19)7-5-13)18(21)20-15-8-16(22-2)10-17(9-15)23-3/h4-10,12H,11H2,1-3H3,(H,20,21). The van der Waals surface area contributed by atoms with Gasteiger partial charge in [0.15, 0.2) is 0 Å². The molecular formula is C18H20ClNO3S. The molecule has 1 N–H and O–H groups in total. The van der Waals surface area contributed by atoms with Crippen LogP contribution < -0.4 is 14.8 Å². The van der Waals surface area contributed by atoms with E-state index in [4.69, 9.17) is 21.1 Å². The van der Waals surface area contributed by atoms with E-state index < -0.39 is 0 Å². The third-order valence-corrected chi connectivity index (χ3v) is 4.87. The van der Waals surface area contributed by atoms with E-state index in [1.165, 1.54) is 0 Å². The van der Waals surface area contributed by atoms with Gasteiger partial charge in [-0.3, -0.25) is 4.79 Å². The molecule has 0 fully saturated rings. The number of benzene rings is 2. The van der Waals surface area contributed by atoms with E-state index in [1.54, 1.807) is 44.2 Å². The van der Waals surface area contributed by atoms with Gasteiger partial charge >= 0.3 is 0 Å². The molecule has 0 saturated heterocycles. The lowest BCUT2D eigenvalue weighted by Gasteiger charge is -2.14. The Morgan fingerprint density at radius 1 is 1.12 bits per heavy atom. The van der Waals surface area contributed by atoms with Crippen LogP contribution in [0.15, 0.2) is 42.5 Å². The first-order valence-corrected chi connectivity index (χ1v) is 8.84. The van der Waals surface area contributed by atoms with Crippen molar-refractivity contribution >= 4 is 35.0 Å². The van der Waals surface area contributed by atoms with Gasteiger partial charge in [0.1, 0.15) is 11.5 Å². The fourth-order valence-corrected chi connectivity index (χ4v) is 2.97. The molecule has 1 atom stereocenters. The highest BCUT2D eigenvalue weighted by Gasteiger charge is 2.14. The summed E-state index contributed by atoms with van der Waals surface area (Å²) in [5.74, 6) is 1.94. The van der Waals surface area contributed by atoms with E-state index in [9.17, 15) is 4.79 Å². The molecular weight excluding hydrogens is 346 g/mol. The summed E-state index contributed by atoms with van der Waals surface area (Å²) in [5, 5.41) is 3.41. The highest BCUT2D eigenvalue weighted by molar-refractivity contribution is 7.99. The van der Waals surface area contributed by atoms with E-state index in [1.807, 2.05) is 31.2 Å². The molecule has 4 nitrogen and oxygen atoms in total. The molecule has 6 heteroatoms. The minimum absolute atomic E-state index is 0.0655. The second kappa shape index (κ2) is 8.85. The maximum absolute atomic E-state index is 12.4. The third-order valence-electron chi connectivity index (χ3n) is 3.40. The van der Waals surface area contributed by atoms with Gasteiger partial charge in [-0.05, 0) is 24.6 Å². The Bertz CT molecular complexity index is 669. The van der Waals surface area contributed by atoms with Crippen molar-refractivity contribution < 1.29 is 14.3 Å². The smallest absolute Gasteiger partial charge is 0.237 e. The SMILES string of the molecule is COc1cc(NC(=O)C(C)SCc2ccc(Cl)cc2)cc(OC)c1. The second-order valence-corrected chi connectivity index (χ2v) is 6.94. The first-order chi connectivity index (χ1) is 11.5. The zero-order chi connectivity index (χ0) is 17.5. The molecule has 0 aliphatic rings. The van der Waals surface area contributed by atoms with Crippen LogP contribution in [0.5, 0.6) is 11.5 Å². The van der Waals surface area contributed by atoms with E-state index in [0.29, 0.717) is 22.2 Å². The number of carbonyl (C=O) groups excluding carboxylic acids is 1. The lowest BCUT2D eigenvalue weighted by atomic mass is 10.2. The maximum Gasteiger partial charge on any atom is 0.237 e. The zero-order valence-corrected chi connectivity index (χ0v) is 15.4. The molecule has 0 heterocycles. The molecule has 0 saturated carbocycles. The van der Waals surface area contributed by atoms with Gasteiger partial charge < -0.3 is 14.8 Å². The zero-order valence-electron chi connectivity index (χ0n) is 13.8. The van der Waals surface area contributed by atoms with Crippen LogP contribution in [-0.4, -0.2) is 25.4 Å². The van der Waals surface area contributed by atoms with Gasteiger partial charge in [-0.2, -0.15) is 0 Å². The first kappa shape index (κ1) is 18.5. The average molecular weight is 366 g/mol. The fourth-order valence-electron chi connectivity index (χ4n) is 2.00. The van der Waals surface area contributed by atoms with Crippen molar-refractivity contribution in [2.45, 2.75) is 17.9 Å². The number of thioether (sulfide) groups is 1. The topological polar surface area (TPSA) is 47.6 Å². The summed E-state index contributed by atoms with van der Waals surface area (Å²) in [6.07, 6.45) is 0. The Kier molecular flexibility index (Phi) is 6.82. The van der Waals surface area contributed by atoms with Crippen molar-refractivity contribution in [2.24, 2.45) is 0 Å². The van der Waals surface area contributed by atoms with Crippen LogP contribution in [-0.2, 0) is 10.5 Å². The van der Waals surface area contributed by atoms with Crippen LogP contribution in [0.1, 0.15) is 12.5 Å². The van der Waals surface area contributed by atoms with Gasteiger partial charge in [0.2, 0.25) is 5.91 Å². The van der Waals surface area contributed by atoms with Crippen LogP contribution in [0.2, 0.25) is 5.02 Å². The fraction of sp³-hybridized carbons (Fsp3) is 0.278. The van der Waals surface area contributed by atoms with Crippen molar-refractivity contribution in [1.82, 2.24) is 0 Å². The molecule has 0 bridgehead atoms. The minimum atomic E-state index is -0.196. The Hall–Kier alpha value is -1.85. The van der Waals surface area contributed by atoms with Crippen LogP contribution in [0, 0.1) is 0 Å². The monoisotopic (exact) mass is 365 g/mol. The van der Waals surface area contributed by atoms with Crippen molar-refractivity contribution in [2.75, 3.05) is 19.5 Å². The summed E-state index contributed by atoms with van der Waals surface area (Å²) >= 11 is 7.44. The van der Waals surface area contributed by atoms with Gasteiger partial charge in [-0.15, -0.1) is 11.8 Å². The van der Waals surface area contributed by atoms with Crippen molar-refractivity contribution in [3.05, 3.63) is 53.1 Å². The quantitative estimate of drug-likeness (QED) is 0.777. The lowest BCUT2D eigenvalue weighted by molar-refractivity contribution is -0.115. The molecule has 0 spiro atoms. The number of rotatable bonds is 7. The van der Waals surface area contributed by atoms with E-state index in [0.717, 1.165) is 11.3 Å². The molecule has 2 rings (SSSR count). The summed E-state index contributed by atoms with van der Waals surface area (Å²) < 4.78 is 10.4. The predicted molar refractivity (Wildman–Crippen MR) is 100 cm³/mol. The summed E-state index contributed by atoms with van der Waals surface area (Å²) in [4.78, 5) is 12.4. The average Bonchev–Trinajstić information content (AvgIpc) is 2.60. The second-order valence-electron chi connectivity index (χ2n) is 5.17. The molecule has 0 aromatic heterocycles. The molecule has 24 heavy (non-hydrogen) atoms. The molecule has 0 aliphatic heterocycles. The molecule has 2 aromatic rings. The maximum atomic E-state index is 12.4. The van der Waals surface area contributed by atoms with Crippen LogP contribution in [0.25, 0.3) is 0 Å². The number of nitrogens with one attached hydrogen (secondary N) is 1. The van der Waals surface area contributed by atoms with Crippen LogP contribution in [0.3, 0.4) is 0 Å². The highest BCUT2D eigenvalue weighted by Crippen LogP contribution is 2.27. The number of hydrogen-bond donors (Lipinski definition) is 1. The largest absolute Gasteiger partial charge is 0.497 e. The summed E-state index contributed by atoms with van der Waals surface area (Å²) in [7, 11) is 3.15. The van der Waals surface area contributed by atoms with E-state index in [-0.39, 0.29) is 11.2 Å². The van der Waals surface area contributed by atoms with Crippen molar-refractivity contribution in [3.63, 3.8) is 0 Å². The number of amides is 1. The Morgan fingerprint density at radius 3 is 2.25 bits per heavy atom. The van der Waals surface area contributed by atoms with Gasteiger partial charge in [0, 0.05) is 34.7 Å².